The molecule has 1 fully saturated rings. The first-order chi connectivity index (χ1) is 10.7. The molecule has 0 saturated carbocycles. The second-order valence-electron chi connectivity index (χ2n) is 6.76. The number of carbonyl (C=O) groups is 2. The van der Waals surface area contributed by atoms with Crippen LogP contribution in [0.5, 0.6) is 0 Å². The minimum absolute atomic E-state index is 0.0317. The van der Waals surface area contributed by atoms with E-state index in [2.05, 4.69) is 0 Å². The summed E-state index contributed by atoms with van der Waals surface area (Å²) >= 11 is 5.78. The maximum absolute atomic E-state index is 14.0. The molecule has 4 nitrogen and oxygen atoms in total. The number of amides is 1. The number of hydrogen-bond donors (Lipinski definition) is 0. The Morgan fingerprint density at radius 3 is 2.78 bits per heavy atom. The van der Waals surface area contributed by atoms with Crippen molar-refractivity contribution in [1.29, 1.82) is 0 Å². The average molecular weight is 342 g/mol. The fourth-order valence-corrected chi connectivity index (χ4v) is 2.74. The fourth-order valence-electron chi connectivity index (χ4n) is 2.55. The second-order valence-corrected chi connectivity index (χ2v) is 7.16. The maximum Gasteiger partial charge on any atom is 0.410 e. The van der Waals surface area contributed by atoms with Crippen LogP contribution in [-0.2, 0) is 16.0 Å². The molecule has 1 aromatic carbocycles. The molecule has 0 bridgehead atoms. The highest BCUT2D eigenvalue weighted by Gasteiger charge is 2.32. The van der Waals surface area contributed by atoms with Gasteiger partial charge in [0.05, 0.1) is 5.02 Å². The highest BCUT2D eigenvalue weighted by molar-refractivity contribution is 6.30. The van der Waals surface area contributed by atoms with Gasteiger partial charge in [0.2, 0.25) is 0 Å². The molecule has 1 amide bonds. The van der Waals surface area contributed by atoms with Crippen LogP contribution in [0.1, 0.15) is 32.8 Å². The zero-order valence-electron chi connectivity index (χ0n) is 13.6. The van der Waals surface area contributed by atoms with E-state index < -0.39 is 23.4 Å². The van der Waals surface area contributed by atoms with Crippen LogP contribution in [0.2, 0.25) is 5.02 Å². The van der Waals surface area contributed by atoms with Gasteiger partial charge in [-0.25, -0.2) is 9.18 Å². The minimum atomic E-state index is -0.590. The number of Topliss-reactive ketones (excluding diaryl/α,β-unsaturated/α-hetero) is 1. The molecule has 1 unspecified atom stereocenters. The molecule has 0 radical (unpaired) electrons. The van der Waals surface area contributed by atoms with E-state index in [1.807, 2.05) is 0 Å². The van der Waals surface area contributed by atoms with Gasteiger partial charge in [-0.3, -0.25) is 4.79 Å². The van der Waals surface area contributed by atoms with E-state index in [-0.39, 0.29) is 30.2 Å². The number of carbonyl (C=O) groups excluding carboxylic acids is 2. The third kappa shape index (κ3) is 4.67. The monoisotopic (exact) mass is 341 g/mol. The Balaban J connectivity index is 2.08. The van der Waals surface area contributed by atoms with Crippen molar-refractivity contribution in [2.24, 2.45) is 5.92 Å². The Hall–Kier alpha value is -1.62. The van der Waals surface area contributed by atoms with Crippen molar-refractivity contribution in [2.75, 3.05) is 13.1 Å². The number of rotatable bonds is 2. The van der Waals surface area contributed by atoms with Crippen LogP contribution in [0, 0.1) is 11.7 Å². The van der Waals surface area contributed by atoms with Gasteiger partial charge in [-0.05, 0) is 38.8 Å². The normalized spacial score (nSPS) is 18.9. The van der Waals surface area contributed by atoms with Crippen LogP contribution in [0.4, 0.5) is 9.18 Å². The topological polar surface area (TPSA) is 46.6 Å². The smallest absolute Gasteiger partial charge is 0.410 e. The van der Waals surface area contributed by atoms with Gasteiger partial charge >= 0.3 is 6.09 Å². The highest BCUT2D eigenvalue weighted by Crippen LogP contribution is 2.24. The van der Waals surface area contributed by atoms with E-state index in [0.717, 1.165) is 0 Å². The van der Waals surface area contributed by atoms with Gasteiger partial charge in [0.25, 0.3) is 0 Å². The Morgan fingerprint density at radius 1 is 1.43 bits per heavy atom. The number of halogens is 2. The molecule has 0 spiro atoms. The molecular weight excluding hydrogens is 321 g/mol. The van der Waals surface area contributed by atoms with E-state index in [4.69, 9.17) is 16.3 Å². The third-order valence-electron chi connectivity index (χ3n) is 3.67. The second kappa shape index (κ2) is 6.87. The SMILES string of the molecule is CC(C)(C)OC(=O)N1CCC(=O)C(Cc2cccc(Cl)c2F)C1. The molecule has 1 aliphatic rings. The predicted molar refractivity (Wildman–Crippen MR) is 86.0 cm³/mol. The lowest BCUT2D eigenvalue weighted by Gasteiger charge is -2.33. The fraction of sp³-hybridized carbons (Fsp3) is 0.529. The molecule has 6 heteroatoms. The van der Waals surface area contributed by atoms with Crippen LogP contribution in [0.15, 0.2) is 18.2 Å². The van der Waals surface area contributed by atoms with E-state index in [0.29, 0.717) is 12.1 Å². The van der Waals surface area contributed by atoms with E-state index >= 15 is 0 Å². The summed E-state index contributed by atoms with van der Waals surface area (Å²) in [5.41, 5.74) is -0.200. The standard InChI is InChI=1S/C17H21ClFNO3/c1-17(2,3)23-16(22)20-8-7-14(21)12(10-20)9-11-5-4-6-13(18)15(11)19/h4-6,12H,7-10H2,1-3H3. The predicted octanol–water partition coefficient (Wildman–Crippen LogP) is 3.85. The van der Waals surface area contributed by atoms with Crippen LogP contribution in [-0.4, -0.2) is 35.5 Å². The van der Waals surface area contributed by atoms with E-state index in [1.165, 1.54) is 11.0 Å². The van der Waals surface area contributed by atoms with Crippen molar-refractivity contribution in [2.45, 2.75) is 39.2 Å². The van der Waals surface area contributed by atoms with Crippen molar-refractivity contribution in [3.63, 3.8) is 0 Å². The number of benzene rings is 1. The largest absolute Gasteiger partial charge is 0.444 e. The lowest BCUT2D eigenvalue weighted by atomic mass is 9.90. The molecule has 1 atom stereocenters. The summed E-state index contributed by atoms with van der Waals surface area (Å²) in [6.07, 6.45) is 0.0398. The Labute approximate surface area is 140 Å². The van der Waals surface area contributed by atoms with E-state index in [1.54, 1.807) is 32.9 Å². The zero-order chi connectivity index (χ0) is 17.2. The molecule has 1 saturated heterocycles. The Morgan fingerprint density at radius 2 is 2.13 bits per heavy atom. The summed E-state index contributed by atoms with van der Waals surface area (Å²) < 4.78 is 19.3. The number of ether oxygens (including phenoxy) is 1. The molecule has 1 aromatic rings. The molecule has 1 aliphatic heterocycles. The lowest BCUT2D eigenvalue weighted by molar-refractivity contribution is -0.125. The van der Waals surface area contributed by atoms with Crippen LogP contribution in [0.25, 0.3) is 0 Å². The first-order valence-corrected chi connectivity index (χ1v) is 7.98. The van der Waals surface area contributed by atoms with Crippen molar-refractivity contribution in [3.8, 4) is 0 Å². The van der Waals surface area contributed by atoms with Crippen molar-refractivity contribution < 1.29 is 18.7 Å². The lowest BCUT2D eigenvalue weighted by Crippen LogP contribution is -2.46. The summed E-state index contributed by atoms with van der Waals surface area (Å²) in [5, 5.41) is 0.0368. The van der Waals surface area contributed by atoms with Crippen LogP contribution >= 0.6 is 11.6 Å². The average Bonchev–Trinajstić information content (AvgIpc) is 2.44. The van der Waals surface area contributed by atoms with Crippen molar-refractivity contribution in [3.05, 3.63) is 34.6 Å². The summed E-state index contributed by atoms with van der Waals surface area (Å²) in [4.78, 5) is 25.8. The molecule has 0 aromatic heterocycles. The molecule has 0 aliphatic carbocycles. The van der Waals surface area contributed by atoms with Gasteiger partial charge in [0, 0.05) is 25.4 Å². The van der Waals surface area contributed by atoms with Gasteiger partial charge in [-0.1, -0.05) is 23.7 Å². The van der Waals surface area contributed by atoms with Crippen LogP contribution in [0.3, 0.4) is 0 Å². The number of piperidine rings is 1. The number of likely N-dealkylation sites (tertiary alicyclic amines) is 1. The van der Waals surface area contributed by atoms with Crippen molar-refractivity contribution in [1.82, 2.24) is 4.90 Å². The highest BCUT2D eigenvalue weighted by atomic mass is 35.5. The molecule has 23 heavy (non-hydrogen) atoms. The number of ketones is 1. The Bertz CT molecular complexity index is 612. The van der Waals surface area contributed by atoms with Gasteiger partial charge in [0.15, 0.2) is 0 Å². The van der Waals surface area contributed by atoms with Gasteiger partial charge in [-0.2, -0.15) is 0 Å². The molecule has 126 valence electrons. The summed E-state index contributed by atoms with van der Waals surface area (Å²) in [6.45, 7) is 5.94. The molecule has 0 N–H and O–H groups in total. The minimum Gasteiger partial charge on any atom is -0.444 e. The number of nitrogens with zero attached hydrogens (tertiary/aromatic N) is 1. The summed E-state index contributed by atoms with van der Waals surface area (Å²) in [6, 6.07) is 4.73. The maximum atomic E-state index is 14.0. The Kier molecular flexibility index (Phi) is 5.30. The van der Waals surface area contributed by atoms with Gasteiger partial charge < -0.3 is 9.64 Å². The first kappa shape index (κ1) is 17.7. The van der Waals surface area contributed by atoms with Crippen molar-refractivity contribution >= 4 is 23.5 Å². The van der Waals surface area contributed by atoms with Gasteiger partial charge in [0.1, 0.15) is 17.2 Å². The first-order valence-electron chi connectivity index (χ1n) is 7.61. The summed E-state index contributed by atoms with van der Waals surface area (Å²) in [5.74, 6) is -0.912. The quantitative estimate of drug-likeness (QED) is 0.821. The summed E-state index contributed by atoms with van der Waals surface area (Å²) in [7, 11) is 0. The number of hydrogen-bond acceptors (Lipinski definition) is 3. The molecular formula is C17H21ClFNO3. The van der Waals surface area contributed by atoms with E-state index in [9.17, 15) is 14.0 Å². The molecule has 2 rings (SSSR count). The molecule has 1 heterocycles. The third-order valence-corrected chi connectivity index (χ3v) is 3.97. The van der Waals surface area contributed by atoms with Gasteiger partial charge in [-0.15, -0.1) is 0 Å². The van der Waals surface area contributed by atoms with Crippen LogP contribution < -0.4 is 0 Å². The zero-order valence-corrected chi connectivity index (χ0v) is 14.3.